The molecule has 1 aromatic rings. The number of hydrogen-bond donors (Lipinski definition) is 0. The van der Waals surface area contributed by atoms with Gasteiger partial charge in [-0.1, -0.05) is 6.07 Å². The number of rotatable bonds is 6. The van der Waals surface area contributed by atoms with Gasteiger partial charge in [-0.3, -0.25) is 14.9 Å². The summed E-state index contributed by atoms with van der Waals surface area (Å²) in [4.78, 5) is 20.6. The van der Waals surface area contributed by atoms with Crippen LogP contribution in [0.2, 0.25) is 0 Å². The van der Waals surface area contributed by atoms with Gasteiger partial charge in [0.1, 0.15) is 5.82 Å². The zero-order valence-electron chi connectivity index (χ0n) is 17.6. The first-order chi connectivity index (χ1) is 13.6. The van der Waals surface area contributed by atoms with Crippen LogP contribution >= 0.6 is 0 Å². The second-order valence-corrected chi connectivity index (χ2v) is 7.89. The van der Waals surface area contributed by atoms with Crippen molar-refractivity contribution in [3.8, 4) is 0 Å². The van der Waals surface area contributed by atoms with Crippen molar-refractivity contribution in [3.63, 3.8) is 0 Å². The third-order valence-corrected chi connectivity index (χ3v) is 5.90. The molecule has 6 nitrogen and oxygen atoms in total. The molecule has 6 heteroatoms. The highest BCUT2D eigenvalue weighted by Crippen LogP contribution is 2.31. The van der Waals surface area contributed by atoms with Crippen LogP contribution in [0.4, 0.5) is 0 Å². The molecule has 0 radical (unpaired) electrons. The van der Waals surface area contributed by atoms with Crippen LogP contribution in [0.1, 0.15) is 36.6 Å². The average molecular weight is 383 g/mol. The van der Waals surface area contributed by atoms with E-state index in [9.17, 15) is 0 Å². The van der Waals surface area contributed by atoms with Crippen LogP contribution in [-0.4, -0.2) is 86.0 Å². The standard InChI is InChI=1S/C22H34N6/c1-23-19(16-21(24-2)28-13-7-12-26(3)14-15-28)17-27(4)20-10-5-8-18-9-6-11-25-22(18)20/h6,9,11,16,20H,2,5,7-8,10,12-15,17H2,1,3-4H3/b21-16+,23-19+. The summed E-state index contributed by atoms with van der Waals surface area (Å²) in [5.74, 6) is 0.937. The predicted octanol–water partition coefficient (Wildman–Crippen LogP) is 2.64. The molecule has 1 fully saturated rings. The average Bonchev–Trinajstić information content (AvgIpc) is 2.95. The molecule has 28 heavy (non-hydrogen) atoms. The smallest absolute Gasteiger partial charge is 0.129 e. The summed E-state index contributed by atoms with van der Waals surface area (Å²) >= 11 is 0. The molecule has 0 bridgehead atoms. The zero-order valence-corrected chi connectivity index (χ0v) is 17.6. The summed E-state index contributed by atoms with van der Waals surface area (Å²) in [6.07, 6.45) is 8.66. The molecule has 1 saturated heterocycles. The van der Waals surface area contributed by atoms with Crippen LogP contribution < -0.4 is 0 Å². The van der Waals surface area contributed by atoms with Crippen LogP contribution in [0.5, 0.6) is 0 Å². The van der Waals surface area contributed by atoms with Gasteiger partial charge in [0.15, 0.2) is 0 Å². The summed E-state index contributed by atoms with van der Waals surface area (Å²) in [6, 6.07) is 4.61. The lowest BCUT2D eigenvalue weighted by atomic mass is 9.91. The minimum absolute atomic E-state index is 0.349. The van der Waals surface area contributed by atoms with Crippen molar-refractivity contribution < 1.29 is 0 Å². The van der Waals surface area contributed by atoms with E-state index in [4.69, 9.17) is 0 Å². The molecule has 0 saturated carbocycles. The lowest BCUT2D eigenvalue weighted by molar-refractivity contribution is 0.244. The lowest BCUT2D eigenvalue weighted by Gasteiger charge is -2.32. The number of likely N-dealkylation sites (N-methyl/N-ethyl adjacent to an activating group) is 1. The monoisotopic (exact) mass is 382 g/mol. The number of aryl methyl sites for hydroxylation is 1. The summed E-state index contributed by atoms with van der Waals surface area (Å²) in [6.45, 7) is 8.78. The molecule has 1 unspecified atom stereocenters. The van der Waals surface area contributed by atoms with Crippen LogP contribution in [0.3, 0.4) is 0 Å². The molecule has 1 aliphatic heterocycles. The molecule has 152 valence electrons. The van der Waals surface area contributed by atoms with E-state index in [1.54, 1.807) is 0 Å². The lowest BCUT2D eigenvalue weighted by Crippen LogP contribution is -2.33. The van der Waals surface area contributed by atoms with E-state index >= 15 is 0 Å². The number of aromatic nitrogens is 1. The summed E-state index contributed by atoms with van der Waals surface area (Å²) in [5, 5.41) is 0. The largest absolute Gasteiger partial charge is 0.355 e. The van der Waals surface area contributed by atoms with E-state index in [1.165, 1.54) is 17.7 Å². The van der Waals surface area contributed by atoms with Gasteiger partial charge in [-0.2, -0.15) is 0 Å². The topological polar surface area (TPSA) is 47.3 Å². The van der Waals surface area contributed by atoms with Gasteiger partial charge in [-0.25, -0.2) is 4.99 Å². The van der Waals surface area contributed by atoms with E-state index in [0.29, 0.717) is 6.04 Å². The van der Waals surface area contributed by atoms with Crippen molar-refractivity contribution in [3.05, 3.63) is 41.5 Å². The predicted molar refractivity (Wildman–Crippen MR) is 117 cm³/mol. The van der Waals surface area contributed by atoms with Crippen molar-refractivity contribution in [2.75, 3.05) is 53.9 Å². The van der Waals surface area contributed by atoms with E-state index in [2.05, 4.69) is 62.6 Å². The highest BCUT2D eigenvalue weighted by atomic mass is 15.3. The van der Waals surface area contributed by atoms with E-state index in [0.717, 1.165) is 63.5 Å². The van der Waals surface area contributed by atoms with Crippen molar-refractivity contribution >= 4 is 12.4 Å². The summed E-state index contributed by atoms with van der Waals surface area (Å²) < 4.78 is 0. The Balaban J connectivity index is 1.71. The highest BCUT2D eigenvalue weighted by Gasteiger charge is 2.25. The molecular formula is C22H34N6. The SMILES string of the molecule is C=N/C(=C\C(CN(C)C1CCCc2cccnc21)=N/C)N1CCCN(C)CC1. The molecule has 2 aliphatic rings. The van der Waals surface area contributed by atoms with Gasteiger partial charge >= 0.3 is 0 Å². The first kappa shape index (κ1) is 20.7. The Morgan fingerprint density at radius 3 is 2.96 bits per heavy atom. The van der Waals surface area contributed by atoms with Crippen LogP contribution in [0.25, 0.3) is 0 Å². The maximum absolute atomic E-state index is 4.68. The Morgan fingerprint density at radius 1 is 1.32 bits per heavy atom. The molecule has 2 heterocycles. The first-order valence-corrected chi connectivity index (χ1v) is 10.3. The Hall–Kier alpha value is -2.05. The second-order valence-electron chi connectivity index (χ2n) is 7.89. The Labute approximate surface area is 169 Å². The molecule has 0 amide bonds. The minimum Gasteiger partial charge on any atom is -0.355 e. The number of pyridine rings is 1. The van der Waals surface area contributed by atoms with Crippen molar-refractivity contribution in [1.82, 2.24) is 19.7 Å². The van der Waals surface area contributed by atoms with Gasteiger partial charge in [-0.05, 0) is 64.7 Å². The Kier molecular flexibility index (Phi) is 7.34. The van der Waals surface area contributed by atoms with Crippen LogP contribution in [0, 0.1) is 0 Å². The Bertz CT molecular complexity index is 725. The van der Waals surface area contributed by atoms with Crippen molar-refractivity contribution in [1.29, 1.82) is 0 Å². The maximum atomic E-state index is 4.68. The molecule has 0 N–H and O–H groups in total. The molecule has 1 atom stereocenters. The number of nitrogens with zero attached hydrogens (tertiary/aromatic N) is 6. The molecule has 0 aromatic carbocycles. The quantitative estimate of drug-likeness (QED) is 0.710. The van der Waals surface area contributed by atoms with Crippen molar-refractivity contribution in [2.24, 2.45) is 9.98 Å². The highest BCUT2D eigenvalue weighted by molar-refractivity contribution is 5.97. The van der Waals surface area contributed by atoms with Gasteiger partial charge in [0.25, 0.3) is 0 Å². The van der Waals surface area contributed by atoms with Crippen molar-refractivity contribution in [2.45, 2.75) is 31.7 Å². The van der Waals surface area contributed by atoms with Gasteiger partial charge in [0, 0.05) is 45.5 Å². The number of aliphatic imine (C=N–C) groups is 2. The van der Waals surface area contributed by atoms with Gasteiger partial charge in [0.05, 0.1) is 17.4 Å². The van der Waals surface area contributed by atoms with Gasteiger partial charge in [0.2, 0.25) is 0 Å². The van der Waals surface area contributed by atoms with E-state index in [1.807, 2.05) is 19.3 Å². The minimum atomic E-state index is 0.349. The molecule has 0 spiro atoms. The van der Waals surface area contributed by atoms with Crippen LogP contribution in [0.15, 0.2) is 40.2 Å². The second kappa shape index (κ2) is 9.94. The number of fused-ring (bicyclic) bond motifs is 1. The first-order valence-electron chi connectivity index (χ1n) is 10.3. The van der Waals surface area contributed by atoms with Gasteiger partial charge < -0.3 is 9.80 Å². The summed E-state index contributed by atoms with van der Waals surface area (Å²) in [5.41, 5.74) is 3.65. The molecular weight excluding hydrogens is 348 g/mol. The Morgan fingerprint density at radius 2 is 2.18 bits per heavy atom. The zero-order chi connectivity index (χ0) is 19.9. The third-order valence-electron chi connectivity index (χ3n) is 5.90. The van der Waals surface area contributed by atoms with E-state index in [-0.39, 0.29) is 0 Å². The van der Waals surface area contributed by atoms with E-state index < -0.39 is 0 Å². The normalized spacial score (nSPS) is 22.1. The molecule has 3 rings (SSSR count). The fraction of sp³-hybridized carbons (Fsp3) is 0.591. The van der Waals surface area contributed by atoms with Crippen LogP contribution in [-0.2, 0) is 6.42 Å². The number of hydrogen-bond acceptors (Lipinski definition) is 6. The summed E-state index contributed by atoms with van der Waals surface area (Å²) in [7, 11) is 6.22. The third kappa shape index (κ3) is 5.06. The fourth-order valence-electron chi connectivity index (χ4n) is 4.22. The maximum Gasteiger partial charge on any atom is 0.129 e. The molecule has 1 aromatic heterocycles. The van der Waals surface area contributed by atoms with Gasteiger partial charge in [-0.15, -0.1) is 0 Å². The molecule has 1 aliphatic carbocycles. The fourth-order valence-corrected chi connectivity index (χ4v) is 4.22.